The van der Waals surface area contributed by atoms with Crippen LogP contribution in [0.1, 0.15) is 50.1 Å². The van der Waals surface area contributed by atoms with Crippen molar-refractivity contribution >= 4 is 5.91 Å². The molecule has 0 saturated heterocycles. The van der Waals surface area contributed by atoms with Gasteiger partial charge in [-0.1, -0.05) is 31.4 Å². The van der Waals surface area contributed by atoms with Crippen LogP contribution in [-0.2, 0) is 4.79 Å². The van der Waals surface area contributed by atoms with Gasteiger partial charge in [-0.2, -0.15) is 0 Å². The number of carbonyl (C=O) groups excluding carboxylic acids is 1. The first kappa shape index (κ1) is 15.8. The Morgan fingerprint density at radius 1 is 1.17 bits per heavy atom. The number of aromatic nitrogens is 1. The van der Waals surface area contributed by atoms with Crippen LogP contribution in [0.5, 0.6) is 0 Å². The fraction of sp³-hybridized carbons (Fsp3) is 0.421. The number of hydrogen-bond acceptors (Lipinski definition) is 1. The minimum absolute atomic E-state index is 0.0415. The number of nitrogens with zero attached hydrogens (tertiary/aromatic N) is 1. The molecule has 0 unspecified atom stereocenters. The predicted molar refractivity (Wildman–Crippen MR) is 88.6 cm³/mol. The summed E-state index contributed by atoms with van der Waals surface area (Å²) in [6.45, 7) is 0. The van der Waals surface area contributed by atoms with Gasteiger partial charge in [0.2, 0.25) is 5.91 Å². The average Bonchev–Trinajstić information content (AvgIpc) is 3.08. The average molecular weight is 314 g/mol. The number of amides is 1. The molecule has 0 radical (unpaired) electrons. The molecule has 4 heteroatoms. The van der Waals surface area contributed by atoms with Crippen molar-refractivity contribution in [1.29, 1.82) is 0 Å². The first-order valence-electron chi connectivity index (χ1n) is 8.39. The predicted octanol–water partition coefficient (Wildman–Crippen LogP) is 4.06. The van der Waals surface area contributed by atoms with Gasteiger partial charge in [0, 0.05) is 18.4 Å². The van der Waals surface area contributed by atoms with E-state index in [-0.39, 0.29) is 17.8 Å². The highest BCUT2D eigenvalue weighted by molar-refractivity contribution is 5.77. The number of carbonyl (C=O) groups is 1. The van der Waals surface area contributed by atoms with E-state index < -0.39 is 0 Å². The van der Waals surface area contributed by atoms with Gasteiger partial charge in [-0.05, 0) is 42.7 Å². The smallest absolute Gasteiger partial charge is 0.222 e. The molecule has 23 heavy (non-hydrogen) atoms. The van der Waals surface area contributed by atoms with Gasteiger partial charge in [0.25, 0.3) is 0 Å². The second-order valence-electron chi connectivity index (χ2n) is 6.31. The van der Waals surface area contributed by atoms with E-state index in [1.807, 2.05) is 35.2 Å². The Bertz CT molecular complexity index is 633. The maximum absolute atomic E-state index is 13.6. The van der Waals surface area contributed by atoms with Crippen molar-refractivity contribution in [3.05, 3.63) is 60.2 Å². The van der Waals surface area contributed by atoms with Crippen molar-refractivity contribution in [2.24, 2.45) is 0 Å². The van der Waals surface area contributed by atoms with Crippen molar-refractivity contribution in [2.45, 2.75) is 50.6 Å². The molecule has 0 aliphatic heterocycles. The number of hydrogen-bond donors (Lipinski definition) is 1. The van der Waals surface area contributed by atoms with Crippen LogP contribution in [0.3, 0.4) is 0 Å². The SMILES string of the molecule is O=C(C[C@@H](c1cccc(F)c1)n1cccc1)NC1CCCCC1. The summed E-state index contributed by atoms with van der Waals surface area (Å²) < 4.78 is 15.5. The minimum atomic E-state index is -0.271. The molecule has 1 aliphatic carbocycles. The first-order valence-corrected chi connectivity index (χ1v) is 8.39. The third kappa shape index (κ3) is 4.21. The summed E-state index contributed by atoms with van der Waals surface area (Å²) in [7, 11) is 0. The zero-order valence-corrected chi connectivity index (χ0v) is 13.2. The van der Waals surface area contributed by atoms with Crippen molar-refractivity contribution in [2.75, 3.05) is 0 Å². The third-order valence-electron chi connectivity index (χ3n) is 4.57. The van der Waals surface area contributed by atoms with E-state index in [0.717, 1.165) is 18.4 Å². The van der Waals surface area contributed by atoms with Crippen molar-refractivity contribution < 1.29 is 9.18 Å². The summed E-state index contributed by atoms with van der Waals surface area (Å²) in [4.78, 5) is 12.5. The van der Waals surface area contributed by atoms with Gasteiger partial charge in [-0.15, -0.1) is 0 Å². The number of halogens is 1. The molecule has 1 heterocycles. The van der Waals surface area contributed by atoms with E-state index in [9.17, 15) is 9.18 Å². The lowest BCUT2D eigenvalue weighted by Crippen LogP contribution is -2.37. The van der Waals surface area contributed by atoms with Crippen LogP contribution in [0.15, 0.2) is 48.8 Å². The third-order valence-corrected chi connectivity index (χ3v) is 4.57. The fourth-order valence-corrected chi connectivity index (χ4v) is 3.37. The molecule has 1 aromatic carbocycles. The largest absolute Gasteiger partial charge is 0.353 e. The lowest BCUT2D eigenvalue weighted by Gasteiger charge is -2.25. The highest BCUT2D eigenvalue weighted by Crippen LogP contribution is 2.24. The molecule has 3 rings (SSSR count). The first-order chi connectivity index (χ1) is 11.2. The van der Waals surface area contributed by atoms with E-state index >= 15 is 0 Å². The van der Waals surface area contributed by atoms with Gasteiger partial charge in [0.15, 0.2) is 0 Å². The molecule has 2 aromatic rings. The summed E-state index contributed by atoms with van der Waals surface area (Å²) in [6, 6.07) is 10.5. The molecule has 122 valence electrons. The second kappa shape index (κ2) is 7.44. The Morgan fingerprint density at radius 3 is 2.61 bits per heavy atom. The molecule has 1 aliphatic rings. The molecular weight excluding hydrogens is 291 g/mol. The van der Waals surface area contributed by atoms with Crippen LogP contribution in [0.4, 0.5) is 4.39 Å². The van der Waals surface area contributed by atoms with Crippen LogP contribution < -0.4 is 5.32 Å². The summed E-state index contributed by atoms with van der Waals surface area (Å²) in [5, 5.41) is 3.15. The Kier molecular flexibility index (Phi) is 5.11. The van der Waals surface area contributed by atoms with E-state index in [2.05, 4.69) is 5.32 Å². The summed E-state index contributed by atoms with van der Waals surface area (Å²) >= 11 is 0. The number of nitrogens with one attached hydrogen (secondary N) is 1. The number of rotatable bonds is 5. The van der Waals surface area contributed by atoms with Crippen LogP contribution in [0, 0.1) is 5.82 Å². The van der Waals surface area contributed by atoms with Gasteiger partial charge < -0.3 is 9.88 Å². The van der Waals surface area contributed by atoms with Crippen LogP contribution in [-0.4, -0.2) is 16.5 Å². The lowest BCUT2D eigenvalue weighted by molar-refractivity contribution is -0.122. The zero-order chi connectivity index (χ0) is 16.1. The van der Waals surface area contributed by atoms with E-state index in [0.29, 0.717) is 12.5 Å². The summed E-state index contributed by atoms with van der Waals surface area (Å²) in [6.07, 6.45) is 9.95. The molecule has 0 spiro atoms. The van der Waals surface area contributed by atoms with Gasteiger partial charge in [0.1, 0.15) is 5.82 Å². The van der Waals surface area contributed by atoms with E-state index in [1.54, 1.807) is 6.07 Å². The zero-order valence-electron chi connectivity index (χ0n) is 13.2. The highest BCUT2D eigenvalue weighted by Gasteiger charge is 2.21. The summed E-state index contributed by atoms with van der Waals surface area (Å²) in [5.41, 5.74) is 0.819. The maximum atomic E-state index is 13.6. The molecule has 1 fully saturated rings. The molecule has 0 bridgehead atoms. The monoisotopic (exact) mass is 314 g/mol. The van der Waals surface area contributed by atoms with Crippen molar-refractivity contribution in [1.82, 2.24) is 9.88 Å². The van der Waals surface area contributed by atoms with E-state index in [1.165, 1.54) is 31.4 Å². The quantitative estimate of drug-likeness (QED) is 0.887. The normalized spacial score (nSPS) is 16.9. The van der Waals surface area contributed by atoms with Gasteiger partial charge in [-0.3, -0.25) is 4.79 Å². The Balaban J connectivity index is 1.72. The van der Waals surface area contributed by atoms with Crippen LogP contribution in [0.2, 0.25) is 0 Å². The van der Waals surface area contributed by atoms with Gasteiger partial charge in [0.05, 0.1) is 12.5 Å². The molecule has 1 atom stereocenters. The standard InChI is InChI=1S/C19H23FN2O/c20-16-8-6-7-15(13-16)18(22-11-4-5-12-22)14-19(23)21-17-9-2-1-3-10-17/h4-8,11-13,17-18H,1-3,9-10,14H2,(H,21,23)/t18-/m0/s1. The van der Waals surface area contributed by atoms with Crippen LogP contribution >= 0.6 is 0 Å². The minimum Gasteiger partial charge on any atom is -0.353 e. The number of benzene rings is 1. The van der Waals surface area contributed by atoms with Gasteiger partial charge in [-0.25, -0.2) is 4.39 Å². The van der Waals surface area contributed by atoms with Crippen molar-refractivity contribution in [3.8, 4) is 0 Å². The summed E-state index contributed by atoms with van der Waals surface area (Å²) in [5.74, 6) is -0.229. The lowest BCUT2D eigenvalue weighted by atomic mass is 9.95. The van der Waals surface area contributed by atoms with Crippen molar-refractivity contribution in [3.63, 3.8) is 0 Å². The Labute approximate surface area is 136 Å². The molecule has 3 nitrogen and oxygen atoms in total. The second-order valence-corrected chi connectivity index (χ2v) is 6.31. The molecule has 1 aromatic heterocycles. The van der Waals surface area contributed by atoms with Crippen LogP contribution in [0.25, 0.3) is 0 Å². The maximum Gasteiger partial charge on any atom is 0.222 e. The molecule has 1 N–H and O–H groups in total. The molecular formula is C19H23FN2O. The topological polar surface area (TPSA) is 34.0 Å². The highest BCUT2D eigenvalue weighted by atomic mass is 19.1. The van der Waals surface area contributed by atoms with E-state index in [4.69, 9.17) is 0 Å². The Hall–Kier alpha value is -2.10. The van der Waals surface area contributed by atoms with Gasteiger partial charge >= 0.3 is 0 Å². The fourth-order valence-electron chi connectivity index (χ4n) is 3.37. The Morgan fingerprint density at radius 2 is 1.91 bits per heavy atom. The molecule has 1 amide bonds. The molecule has 1 saturated carbocycles.